The summed E-state index contributed by atoms with van der Waals surface area (Å²) in [6.07, 6.45) is -3.80. The summed E-state index contributed by atoms with van der Waals surface area (Å²) in [6.45, 7) is 6.14. The van der Waals surface area contributed by atoms with E-state index in [0.717, 1.165) is 12.1 Å². The van der Waals surface area contributed by atoms with Gasteiger partial charge in [0.05, 0.1) is 23.8 Å². The van der Waals surface area contributed by atoms with Crippen molar-refractivity contribution in [3.05, 3.63) is 23.8 Å². The summed E-state index contributed by atoms with van der Waals surface area (Å²) in [4.78, 5) is 26.0. The highest BCUT2D eigenvalue weighted by Crippen LogP contribution is 2.35. The number of carbonyl (C=O) groups excluding carboxylic acids is 2. The van der Waals surface area contributed by atoms with Crippen molar-refractivity contribution in [1.82, 2.24) is 4.90 Å². The van der Waals surface area contributed by atoms with Gasteiger partial charge in [0.15, 0.2) is 0 Å². The number of amides is 2. The number of rotatable bonds is 6. The molecule has 1 aromatic carbocycles. The van der Waals surface area contributed by atoms with Crippen LogP contribution in [0.5, 0.6) is 5.75 Å². The fraction of sp³-hybridized carbons (Fsp3) is 0.556. The van der Waals surface area contributed by atoms with Gasteiger partial charge in [-0.3, -0.25) is 9.59 Å². The average Bonchev–Trinajstić information content (AvgIpc) is 2.95. The lowest BCUT2D eigenvalue weighted by Crippen LogP contribution is -2.33. The molecule has 0 spiro atoms. The summed E-state index contributed by atoms with van der Waals surface area (Å²) >= 11 is 0. The van der Waals surface area contributed by atoms with Crippen LogP contribution in [0.4, 0.5) is 18.9 Å². The predicted octanol–water partition coefficient (Wildman–Crippen LogP) is 3.69. The first-order chi connectivity index (χ1) is 12.1. The molecule has 2 rings (SSSR count). The molecule has 1 fully saturated rings. The molecular weight excluding hydrogens is 349 g/mol. The lowest BCUT2D eigenvalue weighted by Gasteiger charge is -2.21. The summed E-state index contributed by atoms with van der Waals surface area (Å²) in [5.41, 5.74) is -0.906. The van der Waals surface area contributed by atoms with Gasteiger partial charge in [-0.05, 0) is 38.5 Å². The van der Waals surface area contributed by atoms with Crippen molar-refractivity contribution in [3.8, 4) is 5.75 Å². The SMILES string of the molecule is CCCOc1ccc(C(F)(F)F)cc1NC(=O)[C@H]1CC(=O)N(C(C)C)C1. The molecule has 1 heterocycles. The van der Waals surface area contributed by atoms with E-state index in [4.69, 9.17) is 4.74 Å². The number of halogens is 3. The van der Waals surface area contributed by atoms with E-state index in [1.807, 2.05) is 20.8 Å². The first-order valence-electron chi connectivity index (χ1n) is 8.57. The number of benzene rings is 1. The van der Waals surface area contributed by atoms with Crippen molar-refractivity contribution in [2.45, 2.75) is 45.8 Å². The number of nitrogens with zero attached hydrogens (tertiary/aromatic N) is 1. The molecule has 1 aliphatic rings. The van der Waals surface area contributed by atoms with E-state index < -0.39 is 23.6 Å². The summed E-state index contributed by atoms with van der Waals surface area (Å²) in [5, 5.41) is 2.51. The first-order valence-corrected chi connectivity index (χ1v) is 8.57. The standard InChI is InChI=1S/C18H23F3N2O3/c1-4-7-26-15-6-5-13(18(19,20)21)9-14(15)22-17(25)12-8-16(24)23(10-12)11(2)3/h5-6,9,11-12H,4,7-8,10H2,1-3H3,(H,22,25)/t12-/m0/s1. The fourth-order valence-electron chi connectivity index (χ4n) is 2.78. The van der Waals surface area contributed by atoms with Crippen molar-refractivity contribution in [3.63, 3.8) is 0 Å². The molecule has 1 N–H and O–H groups in total. The highest BCUT2D eigenvalue weighted by atomic mass is 19.4. The van der Waals surface area contributed by atoms with Crippen molar-refractivity contribution in [2.75, 3.05) is 18.5 Å². The van der Waals surface area contributed by atoms with E-state index in [1.54, 1.807) is 4.90 Å². The summed E-state index contributed by atoms with van der Waals surface area (Å²) < 4.78 is 44.4. The molecule has 26 heavy (non-hydrogen) atoms. The predicted molar refractivity (Wildman–Crippen MR) is 90.8 cm³/mol. The summed E-state index contributed by atoms with van der Waals surface area (Å²) in [5.74, 6) is -1.04. The maximum absolute atomic E-state index is 13.0. The molecule has 0 aliphatic carbocycles. The zero-order valence-electron chi connectivity index (χ0n) is 15.0. The third-order valence-corrected chi connectivity index (χ3v) is 4.18. The number of nitrogens with one attached hydrogen (secondary N) is 1. The van der Waals surface area contributed by atoms with Gasteiger partial charge in [0.2, 0.25) is 11.8 Å². The van der Waals surface area contributed by atoms with Crippen LogP contribution < -0.4 is 10.1 Å². The van der Waals surface area contributed by atoms with Gasteiger partial charge >= 0.3 is 6.18 Å². The third-order valence-electron chi connectivity index (χ3n) is 4.18. The smallest absolute Gasteiger partial charge is 0.416 e. The number of hydrogen-bond acceptors (Lipinski definition) is 3. The molecule has 144 valence electrons. The summed E-state index contributed by atoms with van der Waals surface area (Å²) in [6, 6.07) is 2.95. The van der Waals surface area contributed by atoms with Gasteiger partial charge in [0.25, 0.3) is 0 Å². The zero-order valence-corrected chi connectivity index (χ0v) is 15.0. The van der Waals surface area contributed by atoms with Gasteiger partial charge in [-0.1, -0.05) is 6.92 Å². The van der Waals surface area contributed by atoms with Crippen molar-refractivity contribution in [1.29, 1.82) is 0 Å². The molecule has 0 radical (unpaired) electrons. The van der Waals surface area contributed by atoms with E-state index in [-0.39, 0.29) is 36.4 Å². The Hall–Kier alpha value is -2.25. The summed E-state index contributed by atoms with van der Waals surface area (Å²) in [7, 11) is 0. The van der Waals surface area contributed by atoms with Crippen molar-refractivity contribution < 1.29 is 27.5 Å². The van der Waals surface area contributed by atoms with Gasteiger partial charge in [-0.2, -0.15) is 13.2 Å². The van der Waals surface area contributed by atoms with Crippen LogP contribution in [0.2, 0.25) is 0 Å². The molecule has 0 unspecified atom stereocenters. The number of hydrogen-bond donors (Lipinski definition) is 1. The minimum atomic E-state index is -4.53. The molecule has 5 nitrogen and oxygen atoms in total. The normalized spacial score (nSPS) is 17.7. The first kappa shape index (κ1) is 20.1. The van der Waals surface area contributed by atoms with E-state index in [2.05, 4.69) is 5.32 Å². The Balaban J connectivity index is 2.20. The number of likely N-dealkylation sites (tertiary alicyclic amines) is 1. The maximum atomic E-state index is 13.0. The van der Waals surface area contributed by atoms with Crippen LogP contribution in [-0.4, -0.2) is 35.9 Å². The van der Waals surface area contributed by atoms with Crippen LogP contribution >= 0.6 is 0 Å². The Labute approximate surface area is 150 Å². The Morgan fingerprint density at radius 3 is 2.62 bits per heavy atom. The minimum Gasteiger partial charge on any atom is -0.491 e. The van der Waals surface area contributed by atoms with Gasteiger partial charge < -0.3 is 15.0 Å². The molecule has 2 amide bonds. The molecule has 1 aliphatic heterocycles. The molecular formula is C18H23F3N2O3. The lowest BCUT2D eigenvalue weighted by atomic mass is 10.1. The van der Waals surface area contributed by atoms with Crippen LogP contribution in [0.1, 0.15) is 39.2 Å². The van der Waals surface area contributed by atoms with E-state index >= 15 is 0 Å². The third kappa shape index (κ3) is 4.68. The number of carbonyl (C=O) groups is 2. The van der Waals surface area contributed by atoms with E-state index in [1.165, 1.54) is 6.07 Å². The van der Waals surface area contributed by atoms with E-state index in [9.17, 15) is 22.8 Å². The van der Waals surface area contributed by atoms with Crippen LogP contribution in [0.25, 0.3) is 0 Å². The second-order valence-corrected chi connectivity index (χ2v) is 6.59. The Morgan fingerprint density at radius 1 is 1.38 bits per heavy atom. The molecule has 0 aromatic heterocycles. The number of ether oxygens (including phenoxy) is 1. The van der Waals surface area contributed by atoms with Gasteiger partial charge in [0.1, 0.15) is 5.75 Å². The topological polar surface area (TPSA) is 58.6 Å². The Bertz CT molecular complexity index is 674. The largest absolute Gasteiger partial charge is 0.491 e. The average molecular weight is 372 g/mol. The second-order valence-electron chi connectivity index (χ2n) is 6.59. The van der Waals surface area contributed by atoms with Crippen LogP contribution in [0, 0.1) is 5.92 Å². The second kappa shape index (κ2) is 7.97. The number of anilines is 1. The monoisotopic (exact) mass is 372 g/mol. The van der Waals surface area contributed by atoms with Gasteiger partial charge in [0, 0.05) is 19.0 Å². The molecule has 0 bridgehead atoms. The molecule has 1 saturated heterocycles. The maximum Gasteiger partial charge on any atom is 0.416 e. The lowest BCUT2D eigenvalue weighted by molar-refractivity contribution is -0.137. The molecule has 1 atom stereocenters. The van der Waals surface area contributed by atoms with E-state index in [0.29, 0.717) is 13.0 Å². The fourth-order valence-corrected chi connectivity index (χ4v) is 2.78. The Morgan fingerprint density at radius 2 is 2.08 bits per heavy atom. The van der Waals surface area contributed by atoms with Crippen LogP contribution in [0.15, 0.2) is 18.2 Å². The number of alkyl halides is 3. The van der Waals surface area contributed by atoms with Crippen molar-refractivity contribution >= 4 is 17.5 Å². The zero-order chi connectivity index (χ0) is 19.5. The molecule has 1 aromatic rings. The molecule has 8 heteroatoms. The van der Waals surface area contributed by atoms with Crippen LogP contribution in [0.3, 0.4) is 0 Å². The Kier molecular flexibility index (Phi) is 6.15. The van der Waals surface area contributed by atoms with Gasteiger partial charge in [-0.25, -0.2) is 0 Å². The highest BCUT2D eigenvalue weighted by Gasteiger charge is 2.36. The molecule has 0 saturated carbocycles. The quantitative estimate of drug-likeness (QED) is 0.829. The van der Waals surface area contributed by atoms with Crippen molar-refractivity contribution in [2.24, 2.45) is 5.92 Å². The van der Waals surface area contributed by atoms with Crippen LogP contribution in [-0.2, 0) is 15.8 Å². The van der Waals surface area contributed by atoms with Gasteiger partial charge in [-0.15, -0.1) is 0 Å². The minimum absolute atomic E-state index is 0.0303. The highest BCUT2D eigenvalue weighted by molar-refractivity contribution is 5.98.